The third-order valence-electron chi connectivity index (χ3n) is 3.76. The quantitative estimate of drug-likeness (QED) is 0.825. The largest absolute Gasteiger partial charge is 0.351 e. The van der Waals surface area contributed by atoms with Crippen LogP contribution < -0.4 is 10.6 Å². The number of nitrogens with one attached hydrogen (secondary N) is 2. The lowest BCUT2D eigenvalue weighted by Crippen LogP contribution is -2.35. The van der Waals surface area contributed by atoms with E-state index in [9.17, 15) is 4.79 Å². The van der Waals surface area contributed by atoms with Crippen molar-refractivity contribution in [1.29, 1.82) is 0 Å². The highest BCUT2D eigenvalue weighted by molar-refractivity contribution is 7.10. The minimum Gasteiger partial charge on any atom is -0.351 e. The van der Waals surface area contributed by atoms with Crippen LogP contribution in [-0.4, -0.2) is 12.5 Å². The van der Waals surface area contributed by atoms with Crippen molar-refractivity contribution in [2.24, 2.45) is 5.92 Å². The number of carbonyl (C=O) groups excluding carboxylic acids is 1. The number of amides is 1. The van der Waals surface area contributed by atoms with Crippen LogP contribution in [0.25, 0.3) is 0 Å². The third-order valence-corrected chi connectivity index (χ3v) is 4.71. The summed E-state index contributed by atoms with van der Waals surface area (Å²) in [5, 5.41) is 8.48. The number of benzene rings is 1. The fourth-order valence-corrected chi connectivity index (χ4v) is 3.35. The lowest BCUT2D eigenvalue weighted by atomic mass is 10.1. The topological polar surface area (TPSA) is 41.1 Å². The monoisotopic (exact) mass is 300 g/mol. The number of rotatable bonds is 7. The second-order valence-corrected chi connectivity index (χ2v) is 6.45. The van der Waals surface area contributed by atoms with E-state index in [0.717, 1.165) is 5.56 Å². The highest BCUT2D eigenvalue weighted by Gasteiger charge is 2.32. The van der Waals surface area contributed by atoms with Crippen molar-refractivity contribution in [3.05, 3.63) is 58.3 Å². The Hall–Kier alpha value is -1.65. The maximum Gasteiger partial charge on any atom is 0.234 e. The Morgan fingerprint density at radius 1 is 1.19 bits per heavy atom. The van der Waals surface area contributed by atoms with Gasteiger partial charge in [-0.05, 0) is 35.8 Å². The summed E-state index contributed by atoms with van der Waals surface area (Å²) in [6.45, 7) is 0.973. The van der Waals surface area contributed by atoms with E-state index in [1.807, 2.05) is 30.3 Å². The number of hydrogen-bond donors (Lipinski definition) is 2. The summed E-state index contributed by atoms with van der Waals surface area (Å²) in [4.78, 5) is 13.3. The van der Waals surface area contributed by atoms with E-state index >= 15 is 0 Å². The van der Waals surface area contributed by atoms with Gasteiger partial charge in [-0.2, -0.15) is 0 Å². The zero-order valence-electron chi connectivity index (χ0n) is 11.9. The fraction of sp³-hybridized carbons (Fsp3) is 0.353. The van der Waals surface area contributed by atoms with Gasteiger partial charge in [-0.3, -0.25) is 4.79 Å². The molecule has 1 amide bonds. The lowest BCUT2D eigenvalue weighted by molar-refractivity contribution is -0.120. The predicted molar refractivity (Wildman–Crippen MR) is 86.1 cm³/mol. The van der Waals surface area contributed by atoms with Crippen LogP contribution in [-0.2, 0) is 11.3 Å². The lowest BCUT2D eigenvalue weighted by Gasteiger charge is -2.16. The molecule has 0 aliphatic heterocycles. The Balaban J connectivity index is 1.46. The molecule has 3 nitrogen and oxygen atoms in total. The van der Waals surface area contributed by atoms with Crippen LogP contribution in [0.4, 0.5) is 0 Å². The van der Waals surface area contributed by atoms with Crippen molar-refractivity contribution in [1.82, 2.24) is 10.6 Å². The van der Waals surface area contributed by atoms with Crippen LogP contribution in [0.2, 0.25) is 0 Å². The van der Waals surface area contributed by atoms with Crippen LogP contribution in [0.15, 0.2) is 47.8 Å². The highest BCUT2D eigenvalue weighted by Crippen LogP contribution is 2.42. The van der Waals surface area contributed by atoms with Crippen molar-refractivity contribution in [3.8, 4) is 0 Å². The van der Waals surface area contributed by atoms with Crippen LogP contribution in [0.3, 0.4) is 0 Å². The maximum atomic E-state index is 12.0. The van der Waals surface area contributed by atoms with E-state index in [1.165, 1.54) is 17.7 Å². The normalized spacial score (nSPS) is 15.6. The molecule has 0 spiro atoms. The van der Waals surface area contributed by atoms with Gasteiger partial charge in [0.15, 0.2) is 0 Å². The molecule has 1 aliphatic carbocycles. The van der Waals surface area contributed by atoms with Gasteiger partial charge in [0.05, 0.1) is 6.54 Å². The average Bonchev–Trinajstić information content (AvgIpc) is 3.21. The van der Waals surface area contributed by atoms with Gasteiger partial charge in [-0.25, -0.2) is 0 Å². The molecule has 1 saturated carbocycles. The van der Waals surface area contributed by atoms with Crippen LogP contribution >= 0.6 is 11.3 Å². The highest BCUT2D eigenvalue weighted by atomic mass is 32.1. The number of carbonyl (C=O) groups is 1. The smallest absolute Gasteiger partial charge is 0.234 e. The molecule has 0 bridgehead atoms. The Bertz CT molecular complexity index is 564. The number of thiophene rings is 1. The first-order valence-corrected chi connectivity index (χ1v) is 8.28. The summed E-state index contributed by atoms with van der Waals surface area (Å²) in [6.07, 6.45) is 2.53. The van der Waals surface area contributed by atoms with Crippen molar-refractivity contribution >= 4 is 17.2 Å². The fourth-order valence-electron chi connectivity index (χ4n) is 2.46. The van der Waals surface area contributed by atoms with Gasteiger partial charge in [-0.1, -0.05) is 36.4 Å². The molecule has 1 heterocycles. The standard InChI is InChI=1S/C17H20N2OS/c20-16(18-11-13-5-2-1-3-6-13)12-19-17(14-8-9-14)15-7-4-10-21-15/h1-7,10,14,17,19H,8-9,11-12H2,(H,18,20). The molecule has 1 fully saturated rings. The van der Waals surface area contributed by atoms with Gasteiger partial charge in [-0.15, -0.1) is 11.3 Å². The molecule has 2 aromatic rings. The SMILES string of the molecule is O=C(CNC(c1cccs1)C1CC1)NCc1ccccc1. The van der Waals surface area contributed by atoms with Crippen molar-refractivity contribution in [2.75, 3.05) is 6.54 Å². The molecule has 21 heavy (non-hydrogen) atoms. The van der Waals surface area contributed by atoms with Crippen molar-refractivity contribution in [3.63, 3.8) is 0 Å². The molecular weight excluding hydrogens is 280 g/mol. The molecule has 1 aromatic carbocycles. The zero-order valence-corrected chi connectivity index (χ0v) is 12.7. The summed E-state index contributed by atoms with van der Waals surface area (Å²) in [5.41, 5.74) is 1.13. The molecule has 2 N–H and O–H groups in total. The summed E-state index contributed by atoms with van der Waals surface area (Å²) in [7, 11) is 0. The third kappa shape index (κ3) is 4.16. The Morgan fingerprint density at radius 3 is 2.67 bits per heavy atom. The van der Waals surface area contributed by atoms with E-state index < -0.39 is 0 Å². The van der Waals surface area contributed by atoms with E-state index in [-0.39, 0.29) is 5.91 Å². The molecule has 1 aliphatic rings. The zero-order chi connectivity index (χ0) is 14.5. The van der Waals surface area contributed by atoms with E-state index in [1.54, 1.807) is 11.3 Å². The van der Waals surface area contributed by atoms with Gasteiger partial charge in [0.25, 0.3) is 0 Å². The van der Waals surface area contributed by atoms with Crippen molar-refractivity contribution < 1.29 is 4.79 Å². The molecule has 4 heteroatoms. The minimum atomic E-state index is 0.0565. The van der Waals surface area contributed by atoms with E-state index in [4.69, 9.17) is 0 Å². The van der Waals surface area contributed by atoms with Gasteiger partial charge in [0.1, 0.15) is 0 Å². The summed E-state index contributed by atoms with van der Waals surface area (Å²) in [6, 6.07) is 14.6. The maximum absolute atomic E-state index is 12.0. The van der Waals surface area contributed by atoms with Crippen LogP contribution in [0.5, 0.6) is 0 Å². The van der Waals surface area contributed by atoms with Gasteiger partial charge in [0.2, 0.25) is 5.91 Å². The first-order valence-electron chi connectivity index (χ1n) is 7.40. The molecule has 110 valence electrons. The van der Waals surface area contributed by atoms with Crippen LogP contribution in [0.1, 0.15) is 29.3 Å². The average molecular weight is 300 g/mol. The van der Waals surface area contributed by atoms with Gasteiger partial charge in [0, 0.05) is 17.5 Å². The molecule has 3 rings (SSSR count). The molecule has 0 radical (unpaired) electrons. The summed E-state index contributed by atoms with van der Waals surface area (Å²) < 4.78 is 0. The van der Waals surface area contributed by atoms with Crippen molar-refractivity contribution in [2.45, 2.75) is 25.4 Å². The Morgan fingerprint density at radius 2 is 2.00 bits per heavy atom. The second kappa shape index (κ2) is 6.87. The summed E-state index contributed by atoms with van der Waals surface area (Å²) in [5.74, 6) is 0.756. The molecule has 1 aromatic heterocycles. The first kappa shape index (κ1) is 14.3. The molecular formula is C17H20N2OS. The predicted octanol–water partition coefficient (Wildman–Crippen LogP) is 3.11. The molecule has 1 atom stereocenters. The second-order valence-electron chi connectivity index (χ2n) is 5.47. The Kier molecular flexibility index (Phi) is 4.68. The van der Waals surface area contributed by atoms with E-state index in [0.29, 0.717) is 25.0 Å². The van der Waals surface area contributed by atoms with Crippen LogP contribution in [0, 0.1) is 5.92 Å². The Labute approximate surface area is 129 Å². The molecule has 0 saturated heterocycles. The van der Waals surface area contributed by atoms with Gasteiger partial charge >= 0.3 is 0 Å². The minimum absolute atomic E-state index is 0.0565. The number of hydrogen-bond acceptors (Lipinski definition) is 3. The molecule has 1 unspecified atom stereocenters. The first-order chi connectivity index (χ1) is 10.3. The van der Waals surface area contributed by atoms with E-state index in [2.05, 4.69) is 28.1 Å². The van der Waals surface area contributed by atoms with Gasteiger partial charge < -0.3 is 10.6 Å². The summed E-state index contributed by atoms with van der Waals surface area (Å²) >= 11 is 1.77.